The molecule has 2 aromatic carbocycles. The SMILES string of the molecule is CCC(C)C(COc1nnc(-c2ccc(C(F)(F)F)cc2F)o1)Nc1ccc(C(=O)NCCC(=O)OC)cc1. The van der Waals surface area contributed by atoms with Gasteiger partial charge in [-0.2, -0.15) is 13.2 Å². The average Bonchev–Trinajstić information content (AvgIpc) is 3.38. The lowest BCUT2D eigenvalue weighted by Crippen LogP contribution is -2.33. The first-order chi connectivity index (χ1) is 18.5. The first-order valence-corrected chi connectivity index (χ1v) is 12.1. The monoisotopic (exact) mass is 552 g/mol. The maximum absolute atomic E-state index is 14.2. The fourth-order valence-corrected chi connectivity index (χ4v) is 3.45. The summed E-state index contributed by atoms with van der Waals surface area (Å²) in [5.74, 6) is -2.09. The van der Waals surface area contributed by atoms with Gasteiger partial charge in [0.25, 0.3) is 11.8 Å². The highest BCUT2D eigenvalue weighted by Gasteiger charge is 2.31. The Hall–Kier alpha value is -4.16. The number of carbonyl (C=O) groups excluding carboxylic acids is 2. The minimum atomic E-state index is -4.68. The van der Waals surface area contributed by atoms with Crippen LogP contribution in [0.15, 0.2) is 46.9 Å². The molecule has 3 rings (SSSR count). The van der Waals surface area contributed by atoms with Crippen LogP contribution >= 0.6 is 0 Å². The van der Waals surface area contributed by atoms with E-state index in [-0.39, 0.29) is 55.0 Å². The lowest BCUT2D eigenvalue weighted by molar-refractivity contribution is -0.140. The number of esters is 1. The minimum Gasteiger partial charge on any atom is -0.469 e. The normalized spacial score (nSPS) is 12.9. The van der Waals surface area contributed by atoms with E-state index in [4.69, 9.17) is 9.15 Å². The number of aromatic nitrogens is 2. The van der Waals surface area contributed by atoms with E-state index in [1.807, 2.05) is 13.8 Å². The second-order valence-corrected chi connectivity index (χ2v) is 8.67. The van der Waals surface area contributed by atoms with Crippen LogP contribution in [0.4, 0.5) is 23.2 Å². The third-order valence-corrected chi connectivity index (χ3v) is 5.99. The van der Waals surface area contributed by atoms with Gasteiger partial charge in [-0.1, -0.05) is 25.4 Å². The number of methoxy groups -OCH3 is 1. The van der Waals surface area contributed by atoms with Crippen LogP contribution in [0, 0.1) is 11.7 Å². The summed E-state index contributed by atoms with van der Waals surface area (Å²) in [5, 5.41) is 13.4. The van der Waals surface area contributed by atoms with Gasteiger partial charge in [0.1, 0.15) is 12.4 Å². The van der Waals surface area contributed by atoms with Crippen molar-refractivity contribution in [2.75, 3.05) is 25.6 Å². The number of hydrogen-bond donors (Lipinski definition) is 2. The molecule has 0 bridgehead atoms. The first kappa shape index (κ1) is 29.4. The summed E-state index contributed by atoms with van der Waals surface area (Å²) in [6, 6.07) is 8.49. The number of hydrogen-bond acceptors (Lipinski definition) is 8. The number of alkyl halides is 3. The van der Waals surface area contributed by atoms with Crippen LogP contribution in [0.25, 0.3) is 11.5 Å². The Kier molecular flexibility index (Phi) is 9.85. The lowest BCUT2D eigenvalue weighted by atomic mass is 9.99. The van der Waals surface area contributed by atoms with Crippen molar-refractivity contribution in [3.8, 4) is 17.5 Å². The highest BCUT2D eigenvalue weighted by Crippen LogP contribution is 2.33. The fraction of sp³-hybridized carbons (Fsp3) is 0.385. The molecule has 1 aromatic heterocycles. The Balaban J connectivity index is 1.61. The van der Waals surface area contributed by atoms with E-state index in [0.717, 1.165) is 18.6 Å². The standard InChI is InChI=1S/C26H28F4N4O5/c1-4-15(2)21(32-18-8-5-16(6-9-18)23(36)31-12-11-22(35)37-3)14-38-25-34-33-24(39-25)19-10-7-17(13-20(19)27)26(28,29)30/h5-10,13,15,21,32H,4,11-12,14H2,1-3H3,(H,31,36). The second-order valence-electron chi connectivity index (χ2n) is 8.67. The summed E-state index contributed by atoms with van der Waals surface area (Å²) in [5.41, 5.74) is -0.283. The van der Waals surface area contributed by atoms with Crippen molar-refractivity contribution in [3.05, 3.63) is 59.4 Å². The molecule has 3 aromatic rings. The van der Waals surface area contributed by atoms with Crippen LogP contribution in [0.1, 0.15) is 42.6 Å². The minimum absolute atomic E-state index is 0.0687. The van der Waals surface area contributed by atoms with Crippen molar-refractivity contribution >= 4 is 17.6 Å². The molecule has 9 nitrogen and oxygen atoms in total. The molecule has 0 aliphatic carbocycles. The Morgan fingerprint density at radius 3 is 2.44 bits per heavy atom. The Bertz CT molecular complexity index is 1260. The molecule has 2 atom stereocenters. The van der Waals surface area contributed by atoms with Gasteiger partial charge in [0.05, 0.1) is 30.7 Å². The smallest absolute Gasteiger partial charge is 0.416 e. The summed E-state index contributed by atoms with van der Waals surface area (Å²) >= 11 is 0. The second kappa shape index (κ2) is 13.1. The molecule has 1 heterocycles. The van der Waals surface area contributed by atoms with E-state index >= 15 is 0 Å². The number of carbonyl (C=O) groups is 2. The van der Waals surface area contributed by atoms with E-state index in [1.54, 1.807) is 24.3 Å². The summed E-state index contributed by atoms with van der Waals surface area (Å²) in [7, 11) is 1.28. The van der Waals surface area contributed by atoms with Gasteiger partial charge in [0.2, 0.25) is 0 Å². The van der Waals surface area contributed by atoms with Crippen LogP contribution < -0.4 is 15.4 Å². The van der Waals surface area contributed by atoms with E-state index in [9.17, 15) is 27.2 Å². The molecule has 210 valence electrons. The Morgan fingerprint density at radius 2 is 1.82 bits per heavy atom. The Morgan fingerprint density at radius 1 is 1.10 bits per heavy atom. The van der Waals surface area contributed by atoms with Crippen LogP contribution in [0.3, 0.4) is 0 Å². The predicted octanol–water partition coefficient (Wildman–Crippen LogP) is 5.09. The highest BCUT2D eigenvalue weighted by molar-refractivity contribution is 5.94. The van der Waals surface area contributed by atoms with Crippen LogP contribution in [-0.4, -0.2) is 48.4 Å². The molecule has 0 fully saturated rings. The summed E-state index contributed by atoms with van der Waals surface area (Å²) in [4.78, 5) is 23.4. The van der Waals surface area contributed by atoms with Gasteiger partial charge in [-0.3, -0.25) is 9.59 Å². The third kappa shape index (κ3) is 8.16. The zero-order valence-electron chi connectivity index (χ0n) is 21.5. The van der Waals surface area contributed by atoms with Crippen molar-refractivity contribution in [2.45, 2.75) is 38.9 Å². The quantitative estimate of drug-likeness (QED) is 0.236. The molecule has 0 spiro atoms. The number of rotatable bonds is 12. The number of amides is 1. The van der Waals surface area contributed by atoms with Gasteiger partial charge in [0.15, 0.2) is 0 Å². The molecule has 2 N–H and O–H groups in total. The van der Waals surface area contributed by atoms with Crippen molar-refractivity contribution in [1.82, 2.24) is 15.5 Å². The van der Waals surface area contributed by atoms with Gasteiger partial charge in [-0.15, -0.1) is 5.10 Å². The molecule has 0 aliphatic heterocycles. The molecule has 0 saturated carbocycles. The van der Waals surface area contributed by atoms with E-state index in [2.05, 4.69) is 25.6 Å². The maximum Gasteiger partial charge on any atom is 0.416 e. The molecule has 1 amide bonds. The molecule has 0 saturated heterocycles. The van der Waals surface area contributed by atoms with E-state index in [0.29, 0.717) is 17.3 Å². The topological polar surface area (TPSA) is 116 Å². The fourth-order valence-electron chi connectivity index (χ4n) is 3.45. The first-order valence-electron chi connectivity index (χ1n) is 12.1. The zero-order valence-corrected chi connectivity index (χ0v) is 21.5. The third-order valence-electron chi connectivity index (χ3n) is 5.99. The van der Waals surface area contributed by atoms with Gasteiger partial charge in [-0.25, -0.2) is 4.39 Å². The van der Waals surface area contributed by atoms with E-state index in [1.165, 1.54) is 7.11 Å². The molecule has 0 radical (unpaired) electrons. The van der Waals surface area contributed by atoms with Gasteiger partial charge in [-0.05, 0) is 48.4 Å². The summed E-state index contributed by atoms with van der Waals surface area (Å²) in [6.45, 7) is 4.24. The highest BCUT2D eigenvalue weighted by atomic mass is 19.4. The zero-order chi connectivity index (χ0) is 28.6. The molecular weight excluding hydrogens is 524 g/mol. The number of anilines is 1. The van der Waals surface area contributed by atoms with Crippen molar-refractivity contribution < 1.29 is 41.0 Å². The molecule has 13 heteroatoms. The van der Waals surface area contributed by atoms with Crippen LogP contribution in [-0.2, 0) is 15.7 Å². The molecule has 2 unspecified atom stereocenters. The largest absolute Gasteiger partial charge is 0.469 e. The number of benzene rings is 2. The summed E-state index contributed by atoms with van der Waals surface area (Å²) < 4.78 is 68.1. The number of halogens is 4. The maximum atomic E-state index is 14.2. The van der Waals surface area contributed by atoms with E-state index < -0.39 is 23.5 Å². The Labute approximate surface area is 221 Å². The molecule has 39 heavy (non-hydrogen) atoms. The van der Waals surface area contributed by atoms with Crippen molar-refractivity contribution in [3.63, 3.8) is 0 Å². The molecule has 0 aliphatic rings. The van der Waals surface area contributed by atoms with Gasteiger partial charge in [0, 0.05) is 17.8 Å². The molecular formula is C26H28F4N4O5. The van der Waals surface area contributed by atoms with Crippen LogP contribution in [0.5, 0.6) is 6.08 Å². The van der Waals surface area contributed by atoms with Crippen molar-refractivity contribution in [2.24, 2.45) is 5.92 Å². The van der Waals surface area contributed by atoms with Crippen molar-refractivity contribution in [1.29, 1.82) is 0 Å². The van der Waals surface area contributed by atoms with Gasteiger partial charge >= 0.3 is 18.2 Å². The average molecular weight is 553 g/mol. The predicted molar refractivity (Wildman–Crippen MR) is 132 cm³/mol. The summed E-state index contributed by atoms with van der Waals surface area (Å²) in [6.07, 6.45) is -4.08. The van der Waals surface area contributed by atoms with Crippen LogP contribution in [0.2, 0.25) is 0 Å². The number of ether oxygens (including phenoxy) is 2. The van der Waals surface area contributed by atoms with Gasteiger partial charge < -0.3 is 24.5 Å². The lowest BCUT2D eigenvalue weighted by Gasteiger charge is -2.24. The number of nitrogens with one attached hydrogen (secondary N) is 2. The number of nitrogens with zero attached hydrogens (tertiary/aromatic N) is 2.